The third-order valence-corrected chi connectivity index (χ3v) is 9.45. The number of furan rings is 1. The molecule has 0 aliphatic carbocycles. The summed E-state index contributed by atoms with van der Waals surface area (Å²) < 4.78 is 57.7. The van der Waals surface area contributed by atoms with Crippen molar-refractivity contribution in [2.75, 3.05) is 26.9 Å². The highest BCUT2D eigenvalue weighted by molar-refractivity contribution is 7.89. The summed E-state index contributed by atoms with van der Waals surface area (Å²) in [5, 5.41) is 0. The van der Waals surface area contributed by atoms with Gasteiger partial charge in [0, 0.05) is 6.54 Å². The standard InChI is InChI=1S/C30H35NO8S/c1-5-23-19-31(40(33,34)27-9-7-6-8-26(27)38-23)18-22-16-21(11-10-20(22)2)24(17-29(32)35-4)25-12-13-28(39-25)30(3)36-14-15-37-30/h6-13,16,23-24H,5,14-15,17-19H2,1-4H3/t23-,24?/m1/s1. The minimum Gasteiger partial charge on any atom is -0.488 e. The van der Waals surface area contributed by atoms with E-state index in [1.807, 2.05) is 38.1 Å². The second-order valence-electron chi connectivity index (χ2n) is 10.3. The topological polar surface area (TPSA) is 105 Å². The van der Waals surface area contributed by atoms with E-state index >= 15 is 0 Å². The number of aryl methyl sites for hydroxylation is 1. The zero-order chi connectivity index (χ0) is 28.5. The van der Waals surface area contributed by atoms with Crippen LogP contribution in [0, 0.1) is 6.92 Å². The second kappa shape index (κ2) is 11.4. The van der Waals surface area contributed by atoms with E-state index in [2.05, 4.69) is 0 Å². The van der Waals surface area contributed by atoms with Crippen molar-refractivity contribution < 1.29 is 36.6 Å². The van der Waals surface area contributed by atoms with Crippen molar-refractivity contribution in [2.24, 2.45) is 0 Å². The maximum Gasteiger partial charge on any atom is 0.306 e. The Hall–Kier alpha value is -3.18. The van der Waals surface area contributed by atoms with Crippen LogP contribution >= 0.6 is 0 Å². The third kappa shape index (κ3) is 5.54. The number of rotatable bonds is 8. The first-order valence-electron chi connectivity index (χ1n) is 13.4. The monoisotopic (exact) mass is 569 g/mol. The van der Waals surface area contributed by atoms with E-state index < -0.39 is 21.7 Å². The van der Waals surface area contributed by atoms with Crippen molar-refractivity contribution in [3.63, 3.8) is 0 Å². The summed E-state index contributed by atoms with van der Waals surface area (Å²) in [5.41, 5.74) is 2.57. The van der Waals surface area contributed by atoms with Gasteiger partial charge in [-0.1, -0.05) is 37.3 Å². The molecule has 2 aromatic carbocycles. The molecule has 0 spiro atoms. The van der Waals surface area contributed by atoms with Crippen LogP contribution in [0.25, 0.3) is 0 Å². The molecule has 0 N–H and O–H groups in total. The van der Waals surface area contributed by atoms with E-state index in [1.54, 1.807) is 37.3 Å². The number of esters is 1. The molecule has 214 valence electrons. The molecule has 3 heterocycles. The number of para-hydroxylation sites is 1. The fraction of sp³-hybridized carbons (Fsp3) is 0.433. The van der Waals surface area contributed by atoms with Gasteiger partial charge in [0.25, 0.3) is 0 Å². The van der Waals surface area contributed by atoms with E-state index in [0.717, 1.165) is 16.7 Å². The van der Waals surface area contributed by atoms with Crippen molar-refractivity contribution in [1.82, 2.24) is 4.31 Å². The average molecular weight is 570 g/mol. The summed E-state index contributed by atoms with van der Waals surface area (Å²) in [4.78, 5) is 12.6. The molecule has 10 heteroatoms. The summed E-state index contributed by atoms with van der Waals surface area (Å²) in [6.07, 6.45) is 0.427. The van der Waals surface area contributed by atoms with Gasteiger partial charge >= 0.3 is 5.97 Å². The lowest BCUT2D eigenvalue weighted by Crippen LogP contribution is -2.36. The molecule has 1 unspecified atom stereocenters. The van der Waals surface area contributed by atoms with Crippen LogP contribution in [-0.4, -0.2) is 51.7 Å². The molecular formula is C30H35NO8S. The first kappa shape index (κ1) is 28.4. The van der Waals surface area contributed by atoms with Gasteiger partial charge in [-0.05, 0) is 61.2 Å². The van der Waals surface area contributed by atoms with Gasteiger partial charge in [0.15, 0.2) is 5.76 Å². The van der Waals surface area contributed by atoms with Crippen LogP contribution < -0.4 is 4.74 Å². The molecular weight excluding hydrogens is 534 g/mol. The van der Waals surface area contributed by atoms with Crippen LogP contribution in [0.3, 0.4) is 0 Å². The van der Waals surface area contributed by atoms with Crippen LogP contribution in [0.15, 0.2) is 63.9 Å². The van der Waals surface area contributed by atoms with Gasteiger partial charge in [-0.15, -0.1) is 0 Å². The van der Waals surface area contributed by atoms with Crippen molar-refractivity contribution in [3.8, 4) is 5.75 Å². The maximum atomic E-state index is 13.7. The van der Waals surface area contributed by atoms with Crippen LogP contribution in [0.5, 0.6) is 5.75 Å². The van der Waals surface area contributed by atoms with Crippen molar-refractivity contribution in [1.29, 1.82) is 0 Å². The number of benzene rings is 2. The Morgan fingerprint density at radius 3 is 2.60 bits per heavy atom. The smallest absolute Gasteiger partial charge is 0.306 e. The molecule has 0 saturated carbocycles. The Labute approximate surface area is 235 Å². The number of carbonyl (C=O) groups is 1. The maximum absolute atomic E-state index is 13.7. The van der Waals surface area contributed by atoms with E-state index in [-0.39, 0.29) is 36.5 Å². The number of ether oxygens (including phenoxy) is 4. The lowest BCUT2D eigenvalue weighted by Gasteiger charge is -2.24. The molecule has 40 heavy (non-hydrogen) atoms. The third-order valence-electron chi connectivity index (χ3n) is 7.60. The number of nitrogens with zero attached hydrogens (tertiary/aromatic N) is 1. The van der Waals surface area contributed by atoms with E-state index in [9.17, 15) is 13.2 Å². The normalized spacial score (nSPS) is 20.8. The SMILES string of the molecule is CC[C@@H]1CN(Cc2cc(C(CC(=O)OC)c3ccc(C4(C)OCCO4)o3)ccc2C)S(=O)(=O)c2ccccc2O1. The average Bonchev–Trinajstić information content (AvgIpc) is 3.60. The summed E-state index contributed by atoms with van der Waals surface area (Å²) in [5.74, 6) is -0.383. The summed E-state index contributed by atoms with van der Waals surface area (Å²) in [6.45, 7) is 7.04. The number of carbonyl (C=O) groups excluding carboxylic acids is 1. The molecule has 5 rings (SSSR count). The van der Waals surface area contributed by atoms with Gasteiger partial charge in [-0.3, -0.25) is 4.79 Å². The van der Waals surface area contributed by atoms with Gasteiger partial charge in [-0.25, -0.2) is 8.42 Å². The molecule has 2 atom stereocenters. The number of methoxy groups -OCH3 is 1. The van der Waals surface area contributed by atoms with Crippen LogP contribution in [0.2, 0.25) is 0 Å². The summed E-state index contributed by atoms with van der Waals surface area (Å²) >= 11 is 0. The molecule has 1 aromatic heterocycles. The highest BCUT2D eigenvalue weighted by Gasteiger charge is 2.38. The number of hydrogen-bond donors (Lipinski definition) is 0. The number of fused-ring (bicyclic) bond motifs is 1. The fourth-order valence-corrected chi connectivity index (χ4v) is 6.72. The summed E-state index contributed by atoms with van der Waals surface area (Å²) in [6, 6.07) is 16.2. The highest BCUT2D eigenvalue weighted by atomic mass is 32.2. The van der Waals surface area contributed by atoms with Crippen LogP contribution in [0.1, 0.15) is 60.8 Å². The summed E-state index contributed by atoms with van der Waals surface area (Å²) in [7, 11) is -2.46. The van der Waals surface area contributed by atoms with Gasteiger partial charge < -0.3 is 23.4 Å². The first-order valence-corrected chi connectivity index (χ1v) is 14.9. The lowest BCUT2D eigenvalue weighted by molar-refractivity contribution is -0.163. The Morgan fingerprint density at radius 2 is 1.88 bits per heavy atom. The molecule has 9 nitrogen and oxygen atoms in total. The Kier molecular flexibility index (Phi) is 8.05. The molecule has 0 radical (unpaired) electrons. The molecule has 0 bridgehead atoms. The Bertz CT molecular complexity index is 1470. The molecule has 2 aliphatic rings. The Balaban J connectivity index is 1.50. The van der Waals surface area contributed by atoms with Crippen molar-refractivity contribution in [2.45, 2.75) is 62.9 Å². The molecule has 1 fully saturated rings. The molecule has 0 amide bonds. The predicted octanol–water partition coefficient (Wildman–Crippen LogP) is 4.86. The zero-order valence-corrected chi connectivity index (χ0v) is 24.0. The number of hydrogen-bond acceptors (Lipinski definition) is 8. The first-order chi connectivity index (χ1) is 19.1. The van der Waals surface area contributed by atoms with E-state index in [0.29, 0.717) is 36.9 Å². The molecule has 1 saturated heterocycles. The quantitative estimate of drug-likeness (QED) is 0.354. The van der Waals surface area contributed by atoms with E-state index in [4.69, 9.17) is 23.4 Å². The van der Waals surface area contributed by atoms with Crippen LogP contribution in [-0.2, 0) is 41.4 Å². The largest absolute Gasteiger partial charge is 0.488 e. The van der Waals surface area contributed by atoms with Crippen LogP contribution in [0.4, 0.5) is 0 Å². The predicted molar refractivity (Wildman–Crippen MR) is 146 cm³/mol. The zero-order valence-electron chi connectivity index (χ0n) is 23.2. The van der Waals surface area contributed by atoms with Gasteiger partial charge in [0.1, 0.15) is 22.5 Å². The van der Waals surface area contributed by atoms with Crippen molar-refractivity contribution in [3.05, 3.63) is 82.8 Å². The second-order valence-corrected chi connectivity index (χ2v) is 12.2. The van der Waals surface area contributed by atoms with E-state index in [1.165, 1.54) is 11.4 Å². The lowest BCUT2D eigenvalue weighted by atomic mass is 9.90. The highest BCUT2D eigenvalue weighted by Crippen LogP contribution is 2.38. The van der Waals surface area contributed by atoms with Gasteiger partial charge in [-0.2, -0.15) is 4.31 Å². The molecule has 3 aromatic rings. The fourth-order valence-electron chi connectivity index (χ4n) is 5.15. The van der Waals surface area contributed by atoms with Gasteiger partial charge in [0.05, 0.1) is 39.2 Å². The Morgan fingerprint density at radius 1 is 1.12 bits per heavy atom. The minimum absolute atomic E-state index is 0.0471. The van der Waals surface area contributed by atoms with Gasteiger partial charge in [0.2, 0.25) is 15.8 Å². The number of sulfonamides is 1. The molecule has 2 aliphatic heterocycles. The minimum atomic E-state index is -3.81. The van der Waals surface area contributed by atoms with Crippen molar-refractivity contribution >= 4 is 16.0 Å².